The van der Waals surface area contributed by atoms with E-state index < -0.39 is 11.8 Å². The lowest BCUT2D eigenvalue weighted by Gasteiger charge is -2.06. The molecule has 0 amide bonds. The van der Waals surface area contributed by atoms with E-state index in [1.165, 1.54) is 6.07 Å². The number of carbonyl (C=O) groups is 1. The summed E-state index contributed by atoms with van der Waals surface area (Å²) >= 11 is 5.63. The lowest BCUT2D eigenvalue weighted by Crippen LogP contribution is -2.10. The maximum absolute atomic E-state index is 13.1. The molecule has 1 rings (SSSR count). The van der Waals surface area contributed by atoms with E-state index in [4.69, 9.17) is 22.1 Å². The van der Waals surface area contributed by atoms with E-state index in [0.29, 0.717) is 5.56 Å². The molecular weight excluding hydrogens is 221 g/mol. The summed E-state index contributed by atoms with van der Waals surface area (Å²) in [5.74, 6) is -1.08. The van der Waals surface area contributed by atoms with Crippen LogP contribution in [0.5, 0.6) is 0 Å². The first-order valence-corrected chi connectivity index (χ1v) is 4.81. The first-order chi connectivity index (χ1) is 7.04. The summed E-state index contributed by atoms with van der Waals surface area (Å²) in [4.78, 5) is 11.1. The number of nitrogen functional groups attached to an aromatic ring is 1. The van der Waals surface area contributed by atoms with Crippen LogP contribution in [0.4, 0.5) is 10.1 Å². The van der Waals surface area contributed by atoms with Crippen molar-refractivity contribution in [2.24, 2.45) is 0 Å². The van der Waals surface area contributed by atoms with E-state index in [1.54, 1.807) is 6.92 Å². The molecule has 0 aromatic heterocycles. The minimum Gasteiger partial charge on any atom is -0.466 e. The average molecular weight is 232 g/mol. The van der Waals surface area contributed by atoms with Gasteiger partial charge in [-0.1, -0.05) is 11.6 Å². The van der Waals surface area contributed by atoms with Crippen LogP contribution in [0, 0.1) is 5.82 Å². The molecule has 3 nitrogen and oxygen atoms in total. The number of ether oxygens (including phenoxy) is 1. The van der Waals surface area contributed by atoms with Gasteiger partial charge >= 0.3 is 5.97 Å². The molecule has 0 aliphatic carbocycles. The van der Waals surface area contributed by atoms with Gasteiger partial charge in [0.25, 0.3) is 0 Å². The number of rotatable bonds is 3. The van der Waals surface area contributed by atoms with Gasteiger partial charge in [0.2, 0.25) is 0 Å². The highest BCUT2D eigenvalue weighted by atomic mass is 35.5. The van der Waals surface area contributed by atoms with Crippen LogP contribution in [-0.2, 0) is 16.0 Å². The third kappa shape index (κ3) is 3.09. The molecule has 2 N–H and O–H groups in total. The van der Waals surface area contributed by atoms with Crippen LogP contribution >= 0.6 is 11.6 Å². The number of halogens is 2. The van der Waals surface area contributed by atoms with Gasteiger partial charge < -0.3 is 10.5 Å². The maximum Gasteiger partial charge on any atom is 0.310 e. The molecule has 0 spiro atoms. The number of anilines is 1. The second-order valence-corrected chi connectivity index (χ2v) is 3.38. The molecule has 1 aromatic rings. The fourth-order valence-corrected chi connectivity index (χ4v) is 1.38. The number of esters is 1. The van der Waals surface area contributed by atoms with Gasteiger partial charge in [0.05, 0.1) is 18.7 Å². The zero-order chi connectivity index (χ0) is 11.4. The SMILES string of the molecule is CCOC(=O)Cc1cc(Cl)cc(F)c1N. The Balaban J connectivity index is 2.89. The summed E-state index contributed by atoms with van der Waals surface area (Å²) < 4.78 is 17.8. The zero-order valence-electron chi connectivity index (χ0n) is 8.22. The summed E-state index contributed by atoms with van der Waals surface area (Å²) in [6.07, 6.45) is -0.0723. The van der Waals surface area contributed by atoms with Crippen molar-refractivity contribution < 1.29 is 13.9 Å². The van der Waals surface area contributed by atoms with E-state index in [2.05, 4.69) is 0 Å². The third-order valence-corrected chi connectivity index (χ3v) is 2.04. The number of hydrogen-bond donors (Lipinski definition) is 1. The van der Waals surface area contributed by atoms with Gasteiger partial charge in [-0.25, -0.2) is 4.39 Å². The van der Waals surface area contributed by atoms with Crippen molar-refractivity contribution in [1.82, 2.24) is 0 Å². The molecule has 5 heteroatoms. The van der Waals surface area contributed by atoms with Gasteiger partial charge in [-0.3, -0.25) is 4.79 Å². The number of nitrogens with two attached hydrogens (primary N) is 1. The molecule has 0 saturated carbocycles. The fourth-order valence-electron chi connectivity index (χ4n) is 1.15. The maximum atomic E-state index is 13.1. The molecule has 82 valence electrons. The number of benzene rings is 1. The highest BCUT2D eigenvalue weighted by Crippen LogP contribution is 2.22. The molecule has 0 bridgehead atoms. The third-order valence-electron chi connectivity index (χ3n) is 1.82. The first kappa shape index (κ1) is 11.8. The lowest BCUT2D eigenvalue weighted by molar-refractivity contribution is -0.142. The molecular formula is C10H11ClFNO2. The molecule has 0 unspecified atom stereocenters. The van der Waals surface area contributed by atoms with Crippen LogP contribution in [-0.4, -0.2) is 12.6 Å². The van der Waals surface area contributed by atoms with Crippen molar-refractivity contribution in [1.29, 1.82) is 0 Å². The molecule has 15 heavy (non-hydrogen) atoms. The Labute approximate surface area is 92.0 Å². The first-order valence-electron chi connectivity index (χ1n) is 4.43. The predicted molar refractivity (Wildman–Crippen MR) is 56.2 cm³/mol. The zero-order valence-corrected chi connectivity index (χ0v) is 8.97. The molecule has 0 heterocycles. The minimum absolute atomic E-state index is 0.0625. The Bertz CT molecular complexity index is 382. The lowest BCUT2D eigenvalue weighted by atomic mass is 10.1. The van der Waals surface area contributed by atoms with Gasteiger partial charge in [0, 0.05) is 5.02 Å². The fraction of sp³-hybridized carbons (Fsp3) is 0.300. The second-order valence-electron chi connectivity index (χ2n) is 2.94. The van der Waals surface area contributed by atoms with Crippen LogP contribution < -0.4 is 5.73 Å². The van der Waals surface area contributed by atoms with Crippen molar-refractivity contribution in [2.75, 3.05) is 12.3 Å². The quantitative estimate of drug-likeness (QED) is 0.641. The molecule has 0 aliphatic rings. The van der Waals surface area contributed by atoms with Crippen molar-refractivity contribution in [3.63, 3.8) is 0 Å². The highest BCUT2D eigenvalue weighted by Gasteiger charge is 2.11. The Morgan fingerprint density at radius 3 is 2.87 bits per heavy atom. The molecule has 0 atom stereocenters. The number of hydrogen-bond acceptors (Lipinski definition) is 3. The van der Waals surface area contributed by atoms with E-state index in [1.807, 2.05) is 0 Å². The summed E-state index contributed by atoms with van der Waals surface area (Å²) in [5, 5.41) is 0.209. The summed E-state index contributed by atoms with van der Waals surface area (Å²) in [6, 6.07) is 2.56. The normalized spacial score (nSPS) is 10.1. The standard InChI is InChI=1S/C10H11ClFNO2/c1-2-15-9(14)4-6-3-7(11)5-8(12)10(6)13/h3,5H,2,4,13H2,1H3. The van der Waals surface area contributed by atoms with Gasteiger partial charge in [0.15, 0.2) is 0 Å². The van der Waals surface area contributed by atoms with Crippen LogP contribution in [0.3, 0.4) is 0 Å². The number of carbonyl (C=O) groups excluding carboxylic acids is 1. The molecule has 1 aromatic carbocycles. The van der Waals surface area contributed by atoms with Gasteiger partial charge in [-0.2, -0.15) is 0 Å². The largest absolute Gasteiger partial charge is 0.466 e. The molecule has 0 radical (unpaired) electrons. The Hall–Kier alpha value is -1.29. The van der Waals surface area contributed by atoms with Gasteiger partial charge in [0.1, 0.15) is 5.82 Å². The Kier molecular flexibility index (Phi) is 3.91. The van der Waals surface area contributed by atoms with Gasteiger partial charge in [-0.05, 0) is 24.6 Å². The van der Waals surface area contributed by atoms with E-state index in [0.717, 1.165) is 6.07 Å². The Morgan fingerprint density at radius 2 is 2.27 bits per heavy atom. The Morgan fingerprint density at radius 1 is 1.60 bits per heavy atom. The van der Waals surface area contributed by atoms with Crippen molar-refractivity contribution in [3.8, 4) is 0 Å². The molecule has 0 aliphatic heterocycles. The molecule has 0 fully saturated rings. The second kappa shape index (κ2) is 4.98. The van der Waals surface area contributed by atoms with Crippen LogP contribution in [0.1, 0.15) is 12.5 Å². The summed E-state index contributed by atoms with van der Waals surface area (Å²) in [5.41, 5.74) is 5.74. The van der Waals surface area contributed by atoms with E-state index in [-0.39, 0.29) is 23.7 Å². The van der Waals surface area contributed by atoms with Crippen molar-refractivity contribution >= 4 is 23.3 Å². The van der Waals surface area contributed by atoms with Crippen molar-refractivity contribution in [2.45, 2.75) is 13.3 Å². The van der Waals surface area contributed by atoms with Crippen LogP contribution in [0.25, 0.3) is 0 Å². The van der Waals surface area contributed by atoms with Crippen LogP contribution in [0.2, 0.25) is 5.02 Å². The smallest absolute Gasteiger partial charge is 0.310 e. The van der Waals surface area contributed by atoms with Gasteiger partial charge in [-0.15, -0.1) is 0 Å². The highest BCUT2D eigenvalue weighted by molar-refractivity contribution is 6.30. The topological polar surface area (TPSA) is 52.3 Å². The summed E-state index contributed by atoms with van der Waals surface area (Å²) in [7, 11) is 0. The van der Waals surface area contributed by atoms with Crippen LogP contribution in [0.15, 0.2) is 12.1 Å². The van der Waals surface area contributed by atoms with E-state index in [9.17, 15) is 9.18 Å². The van der Waals surface area contributed by atoms with E-state index >= 15 is 0 Å². The predicted octanol–water partition coefficient (Wildman–Crippen LogP) is 2.17. The molecule has 0 saturated heterocycles. The average Bonchev–Trinajstić information content (AvgIpc) is 2.13. The van der Waals surface area contributed by atoms with Crippen molar-refractivity contribution in [3.05, 3.63) is 28.5 Å². The summed E-state index contributed by atoms with van der Waals surface area (Å²) in [6.45, 7) is 1.97. The monoisotopic (exact) mass is 231 g/mol. The minimum atomic E-state index is -0.623.